The summed E-state index contributed by atoms with van der Waals surface area (Å²) in [6, 6.07) is 17.8. The Kier molecular flexibility index (Phi) is 6.63. The van der Waals surface area contributed by atoms with Gasteiger partial charge in [-0.15, -0.1) is 0 Å². The highest BCUT2D eigenvalue weighted by Crippen LogP contribution is 2.23. The first-order valence-electron chi connectivity index (χ1n) is 7.93. The van der Waals surface area contributed by atoms with E-state index in [9.17, 15) is 4.79 Å². The van der Waals surface area contributed by atoms with Crippen LogP contribution in [0, 0.1) is 0 Å². The summed E-state index contributed by atoms with van der Waals surface area (Å²) in [4.78, 5) is 14.3. The van der Waals surface area contributed by atoms with Gasteiger partial charge in [0, 0.05) is 19.5 Å². The van der Waals surface area contributed by atoms with Gasteiger partial charge in [0.2, 0.25) is 5.91 Å². The molecule has 0 aliphatic rings. The van der Waals surface area contributed by atoms with Crippen molar-refractivity contribution in [3.8, 4) is 5.75 Å². The van der Waals surface area contributed by atoms with Gasteiger partial charge in [-0.05, 0) is 31.7 Å². The van der Waals surface area contributed by atoms with Gasteiger partial charge in [0.1, 0.15) is 5.75 Å². The molecule has 0 heterocycles. The molecule has 0 aliphatic heterocycles. The summed E-state index contributed by atoms with van der Waals surface area (Å²) >= 11 is 0. The Morgan fingerprint density at radius 1 is 1.09 bits per heavy atom. The molecular formula is C19H24N2O2. The molecule has 23 heavy (non-hydrogen) atoms. The number of nitrogens with zero attached hydrogens (tertiary/aromatic N) is 1. The van der Waals surface area contributed by atoms with Crippen LogP contribution in [0.5, 0.6) is 5.75 Å². The SMILES string of the molecule is CCOc1ccccc1NC(=O)CCN(C)Cc1ccccc1. The van der Waals surface area contributed by atoms with Crippen LogP contribution in [0.1, 0.15) is 18.9 Å². The molecule has 0 fully saturated rings. The molecule has 4 nitrogen and oxygen atoms in total. The van der Waals surface area contributed by atoms with E-state index in [2.05, 4.69) is 22.3 Å². The maximum absolute atomic E-state index is 12.1. The van der Waals surface area contributed by atoms with Crippen LogP contribution in [0.15, 0.2) is 54.6 Å². The molecule has 0 bridgehead atoms. The minimum Gasteiger partial charge on any atom is -0.492 e. The fourth-order valence-corrected chi connectivity index (χ4v) is 2.33. The number of benzene rings is 2. The van der Waals surface area contributed by atoms with Gasteiger partial charge in [0.05, 0.1) is 12.3 Å². The number of nitrogens with one attached hydrogen (secondary N) is 1. The Morgan fingerprint density at radius 2 is 1.78 bits per heavy atom. The monoisotopic (exact) mass is 312 g/mol. The van der Waals surface area contributed by atoms with Crippen molar-refractivity contribution >= 4 is 11.6 Å². The largest absolute Gasteiger partial charge is 0.492 e. The second-order valence-electron chi connectivity index (χ2n) is 5.45. The number of para-hydroxylation sites is 2. The standard InChI is InChI=1S/C19H24N2O2/c1-3-23-18-12-8-7-11-17(18)20-19(22)13-14-21(2)15-16-9-5-4-6-10-16/h4-12H,3,13-15H2,1-2H3,(H,20,22). The van der Waals surface area contributed by atoms with Crippen LogP contribution in [0.3, 0.4) is 0 Å². The van der Waals surface area contributed by atoms with Crippen LogP contribution in [-0.4, -0.2) is 31.0 Å². The van der Waals surface area contributed by atoms with Gasteiger partial charge in [-0.25, -0.2) is 0 Å². The third-order valence-corrected chi connectivity index (χ3v) is 3.48. The summed E-state index contributed by atoms with van der Waals surface area (Å²) in [5.74, 6) is 0.707. The van der Waals surface area contributed by atoms with Crippen LogP contribution >= 0.6 is 0 Å². The lowest BCUT2D eigenvalue weighted by molar-refractivity contribution is -0.116. The van der Waals surface area contributed by atoms with Crippen molar-refractivity contribution in [3.05, 3.63) is 60.2 Å². The number of carbonyl (C=O) groups excluding carboxylic acids is 1. The molecule has 0 radical (unpaired) electrons. The van der Waals surface area contributed by atoms with Crippen molar-refractivity contribution in [3.63, 3.8) is 0 Å². The number of anilines is 1. The molecule has 4 heteroatoms. The molecule has 0 saturated carbocycles. The summed E-state index contributed by atoms with van der Waals surface area (Å²) in [5.41, 5.74) is 1.97. The smallest absolute Gasteiger partial charge is 0.225 e. The van der Waals surface area contributed by atoms with Gasteiger partial charge in [0.15, 0.2) is 0 Å². The van der Waals surface area contributed by atoms with Gasteiger partial charge in [-0.1, -0.05) is 42.5 Å². The van der Waals surface area contributed by atoms with E-state index < -0.39 is 0 Å². The molecule has 0 unspecified atom stereocenters. The molecule has 2 rings (SSSR count). The van der Waals surface area contributed by atoms with Crippen LogP contribution < -0.4 is 10.1 Å². The van der Waals surface area contributed by atoms with Crippen molar-refractivity contribution in [1.29, 1.82) is 0 Å². The van der Waals surface area contributed by atoms with Gasteiger partial charge < -0.3 is 15.0 Å². The fourth-order valence-electron chi connectivity index (χ4n) is 2.33. The van der Waals surface area contributed by atoms with Crippen molar-refractivity contribution in [1.82, 2.24) is 4.90 Å². The summed E-state index contributed by atoms with van der Waals surface area (Å²) < 4.78 is 5.52. The fraction of sp³-hybridized carbons (Fsp3) is 0.316. The first kappa shape index (κ1) is 17.0. The summed E-state index contributed by atoms with van der Waals surface area (Å²) in [6.07, 6.45) is 0.448. The average molecular weight is 312 g/mol. The highest BCUT2D eigenvalue weighted by Gasteiger charge is 2.09. The summed E-state index contributed by atoms with van der Waals surface area (Å²) in [6.45, 7) is 4.05. The highest BCUT2D eigenvalue weighted by atomic mass is 16.5. The van der Waals surface area contributed by atoms with Crippen LogP contribution in [0.25, 0.3) is 0 Å². The molecule has 0 spiro atoms. The molecule has 0 saturated heterocycles. The van der Waals surface area contributed by atoms with E-state index >= 15 is 0 Å². The topological polar surface area (TPSA) is 41.6 Å². The first-order chi connectivity index (χ1) is 11.2. The van der Waals surface area contributed by atoms with Crippen LogP contribution in [0.4, 0.5) is 5.69 Å². The van der Waals surface area contributed by atoms with E-state index in [1.54, 1.807) is 0 Å². The van der Waals surface area contributed by atoms with Crippen LogP contribution in [0.2, 0.25) is 0 Å². The molecule has 0 atom stereocenters. The maximum Gasteiger partial charge on any atom is 0.225 e. The van der Waals surface area contributed by atoms with E-state index in [-0.39, 0.29) is 5.91 Å². The van der Waals surface area contributed by atoms with Crippen LogP contribution in [-0.2, 0) is 11.3 Å². The zero-order chi connectivity index (χ0) is 16.5. The quantitative estimate of drug-likeness (QED) is 0.810. The highest BCUT2D eigenvalue weighted by molar-refractivity contribution is 5.92. The number of carbonyl (C=O) groups is 1. The summed E-state index contributed by atoms with van der Waals surface area (Å²) in [7, 11) is 2.02. The average Bonchev–Trinajstić information content (AvgIpc) is 2.56. The van der Waals surface area contributed by atoms with E-state index in [4.69, 9.17) is 4.74 Å². The predicted octanol–water partition coefficient (Wildman–Crippen LogP) is 3.55. The van der Waals surface area contributed by atoms with E-state index in [1.165, 1.54) is 5.56 Å². The Morgan fingerprint density at radius 3 is 2.52 bits per heavy atom. The first-order valence-corrected chi connectivity index (χ1v) is 7.93. The van der Waals surface area contributed by atoms with Crippen molar-refractivity contribution in [2.24, 2.45) is 0 Å². The normalized spacial score (nSPS) is 10.6. The van der Waals surface area contributed by atoms with Gasteiger partial charge in [-0.2, -0.15) is 0 Å². The molecule has 0 aromatic heterocycles. The molecular weight excluding hydrogens is 288 g/mol. The molecule has 2 aromatic carbocycles. The number of hydrogen-bond donors (Lipinski definition) is 1. The van der Waals surface area contributed by atoms with Crippen molar-refractivity contribution in [2.75, 3.05) is 25.5 Å². The Bertz CT molecular complexity index is 614. The Labute approximate surface area is 138 Å². The molecule has 0 aliphatic carbocycles. The Balaban J connectivity index is 1.81. The van der Waals surface area contributed by atoms with E-state index in [1.807, 2.05) is 56.4 Å². The van der Waals surface area contributed by atoms with E-state index in [0.717, 1.165) is 12.2 Å². The van der Waals surface area contributed by atoms with Gasteiger partial charge in [-0.3, -0.25) is 4.79 Å². The minimum atomic E-state index is -0.00272. The van der Waals surface area contributed by atoms with Crippen molar-refractivity contribution in [2.45, 2.75) is 19.9 Å². The van der Waals surface area contributed by atoms with E-state index in [0.29, 0.717) is 25.3 Å². The predicted molar refractivity (Wildman–Crippen MR) is 93.6 cm³/mol. The number of hydrogen-bond acceptors (Lipinski definition) is 3. The van der Waals surface area contributed by atoms with Gasteiger partial charge in [0.25, 0.3) is 0 Å². The molecule has 1 N–H and O–H groups in total. The van der Waals surface area contributed by atoms with Crippen molar-refractivity contribution < 1.29 is 9.53 Å². The zero-order valence-electron chi connectivity index (χ0n) is 13.8. The number of ether oxygens (including phenoxy) is 1. The second kappa shape index (κ2) is 8.96. The molecule has 122 valence electrons. The Hall–Kier alpha value is -2.33. The third kappa shape index (κ3) is 5.75. The molecule has 1 amide bonds. The summed E-state index contributed by atoms with van der Waals surface area (Å²) in [5, 5.41) is 2.92. The maximum atomic E-state index is 12.1. The third-order valence-electron chi connectivity index (χ3n) is 3.48. The number of rotatable bonds is 8. The zero-order valence-corrected chi connectivity index (χ0v) is 13.8. The molecule has 2 aromatic rings. The lowest BCUT2D eigenvalue weighted by Gasteiger charge is -2.17. The second-order valence-corrected chi connectivity index (χ2v) is 5.45. The lowest BCUT2D eigenvalue weighted by atomic mass is 10.2. The lowest BCUT2D eigenvalue weighted by Crippen LogP contribution is -2.24. The van der Waals surface area contributed by atoms with Gasteiger partial charge >= 0.3 is 0 Å². The minimum absolute atomic E-state index is 0.00272. The number of amides is 1.